The van der Waals surface area contributed by atoms with Crippen LogP contribution in [0.1, 0.15) is 11.1 Å². The van der Waals surface area contributed by atoms with Crippen molar-refractivity contribution >= 4 is 35.9 Å². The highest BCUT2D eigenvalue weighted by atomic mass is 127. The lowest BCUT2D eigenvalue weighted by Crippen LogP contribution is -2.11. The van der Waals surface area contributed by atoms with Crippen LogP contribution in [0.25, 0.3) is 0 Å². The van der Waals surface area contributed by atoms with Gasteiger partial charge in [0.25, 0.3) is 0 Å². The Labute approximate surface area is 76.6 Å². The molecule has 0 saturated carbocycles. The molecule has 1 rings (SSSR count). The molecule has 0 saturated heterocycles. The van der Waals surface area contributed by atoms with Crippen molar-refractivity contribution in [1.82, 2.24) is 0 Å². The van der Waals surface area contributed by atoms with Crippen LogP contribution in [0.5, 0.6) is 0 Å². The first-order valence-corrected chi connectivity index (χ1v) is 4.21. The predicted molar refractivity (Wildman–Crippen MR) is 54.0 cm³/mol. The number of hydrogen-bond donors (Lipinski definition) is 0. The van der Waals surface area contributed by atoms with Gasteiger partial charge < -0.3 is 0 Å². The average Bonchev–Trinajstić information content (AvgIpc) is 1.82. The monoisotopic (exact) mass is 242 g/mol. The first-order chi connectivity index (χ1) is 4.61. The van der Waals surface area contributed by atoms with E-state index in [0.717, 1.165) is 5.46 Å². The van der Waals surface area contributed by atoms with Gasteiger partial charge in [-0.3, -0.25) is 0 Å². The summed E-state index contributed by atoms with van der Waals surface area (Å²) < 4.78 is 1.25. The van der Waals surface area contributed by atoms with Crippen molar-refractivity contribution in [3.8, 4) is 0 Å². The predicted octanol–water partition coefficient (Wildman–Crippen LogP) is 1.70. The molecule has 0 unspecified atom stereocenters. The fourth-order valence-corrected chi connectivity index (χ4v) is 1.86. The van der Waals surface area contributed by atoms with Crippen LogP contribution in [0, 0.1) is 17.4 Å². The van der Waals surface area contributed by atoms with Gasteiger partial charge in [-0.15, -0.1) is 0 Å². The number of benzene rings is 1. The van der Waals surface area contributed by atoms with Crippen molar-refractivity contribution in [2.24, 2.45) is 0 Å². The molecule has 0 spiro atoms. The Morgan fingerprint density at radius 3 is 2.00 bits per heavy atom. The van der Waals surface area contributed by atoms with E-state index in [1.165, 1.54) is 14.7 Å². The largest absolute Gasteiger partial charge is 0.114 e. The zero-order valence-corrected chi connectivity index (χ0v) is 8.27. The maximum absolute atomic E-state index is 5.75. The van der Waals surface area contributed by atoms with Crippen LogP contribution < -0.4 is 5.46 Å². The fourth-order valence-electron chi connectivity index (χ4n) is 0.922. The zero-order chi connectivity index (χ0) is 7.72. The summed E-state index contributed by atoms with van der Waals surface area (Å²) in [5.41, 5.74) is 3.26. The van der Waals surface area contributed by atoms with Gasteiger partial charge >= 0.3 is 0 Å². The van der Waals surface area contributed by atoms with Crippen LogP contribution in [0.2, 0.25) is 0 Å². The molecule has 0 aliphatic rings. The molecule has 0 fully saturated rings. The van der Waals surface area contributed by atoms with Gasteiger partial charge in [-0.2, -0.15) is 0 Å². The maximum atomic E-state index is 5.75. The third-order valence-electron chi connectivity index (χ3n) is 1.56. The molecule has 0 aliphatic heterocycles. The molecule has 0 amide bonds. The zero-order valence-electron chi connectivity index (χ0n) is 6.11. The molecular weight excluding hydrogens is 234 g/mol. The first kappa shape index (κ1) is 8.11. The van der Waals surface area contributed by atoms with Crippen molar-refractivity contribution in [3.05, 3.63) is 26.8 Å². The van der Waals surface area contributed by atoms with Gasteiger partial charge in [0.1, 0.15) is 7.85 Å². The maximum Gasteiger partial charge on any atom is 0.114 e. The second-order valence-electron chi connectivity index (χ2n) is 2.45. The lowest BCUT2D eigenvalue weighted by molar-refractivity contribution is 1.41. The van der Waals surface area contributed by atoms with Gasteiger partial charge in [0, 0.05) is 3.57 Å². The SMILES string of the molecule is [B]c1c(C)cc(I)cc1C. The molecule has 0 N–H and O–H groups in total. The van der Waals surface area contributed by atoms with E-state index in [0.29, 0.717) is 0 Å². The highest BCUT2D eigenvalue weighted by Gasteiger charge is 1.96. The summed E-state index contributed by atoms with van der Waals surface area (Å²) in [6, 6.07) is 4.17. The van der Waals surface area contributed by atoms with Crippen LogP contribution >= 0.6 is 22.6 Å². The van der Waals surface area contributed by atoms with Crippen LogP contribution in [-0.4, -0.2) is 7.85 Å². The highest BCUT2D eigenvalue weighted by molar-refractivity contribution is 14.1. The second-order valence-corrected chi connectivity index (χ2v) is 3.70. The minimum absolute atomic E-state index is 0.917. The Balaban J connectivity index is 3.31. The van der Waals surface area contributed by atoms with E-state index >= 15 is 0 Å². The van der Waals surface area contributed by atoms with Crippen molar-refractivity contribution in [1.29, 1.82) is 0 Å². The number of halogens is 1. The Morgan fingerprint density at radius 1 is 1.20 bits per heavy atom. The van der Waals surface area contributed by atoms with Crippen molar-refractivity contribution in [3.63, 3.8) is 0 Å². The quantitative estimate of drug-likeness (QED) is 0.479. The highest BCUT2D eigenvalue weighted by Crippen LogP contribution is 2.07. The third-order valence-corrected chi connectivity index (χ3v) is 2.18. The van der Waals surface area contributed by atoms with Gasteiger partial charge in [-0.05, 0) is 48.6 Å². The molecule has 0 atom stereocenters. The molecule has 1 aromatic rings. The fraction of sp³-hybridized carbons (Fsp3) is 0.250. The Morgan fingerprint density at radius 2 is 1.60 bits per heavy atom. The summed E-state index contributed by atoms with van der Waals surface area (Å²) in [5, 5.41) is 0. The average molecular weight is 242 g/mol. The first-order valence-electron chi connectivity index (χ1n) is 3.13. The normalized spacial score (nSPS) is 9.90. The third kappa shape index (κ3) is 1.54. The Hall–Kier alpha value is 0.0149. The van der Waals surface area contributed by atoms with E-state index in [2.05, 4.69) is 34.7 Å². The van der Waals surface area contributed by atoms with Crippen molar-refractivity contribution in [2.75, 3.05) is 0 Å². The molecule has 0 bridgehead atoms. The van der Waals surface area contributed by atoms with Gasteiger partial charge in [0.05, 0.1) is 0 Å². The van der Waals surface area contributed by atoms with E-state index in [1.54, 1.807) is 0 Å². The summed E-state index contributed by atoms with van der Waals surface area (Å²) in [7, 11) is 5.75. The molecule has 10 heavy (non-hydrogen) atoms. The summed E-state index contributed by atoms with van der Waals surface area (Å²) in [4.78, 5) is 0. The number of rotatable bonds is 0. The molecule has 0 nitrogen and oxygen atoms in total. The summed E-state index contributed by atoms with van der Waals surface area (Å²) in [6.07, 6.45) is 0. The van der Waals surface area contributed by atoms with E-state index in [-0.39, 0.29) is 0 Å². The van der Waals surface area contributed by atoms with Crippen LogP contribution in [0.3, 0.4) is 0 Å². The standard InChI is InChI=1S/C8H8BI/c1-5-3-7(10)4-6(2)8(5)9/h3-4H,1-2H3. The number of aryl methyl sites for hydroxylation is 2. The smallest absolute Gasteiger partial charge is 0.0909 e. The van der Waals surface area contributed by atoms with Crippen LogP contribution in [0.15, 0.2) is 12.1 Å². The van der Waals surface area contributed by atoms with Gasteiger partial charge in [0.2, 0.25) is 0 Å². The minimum atomic E-state index is 0.917. The van der Waals surface area contributed by atoms with Gasteiger partial charge in [-0.25, -0.2) is 0 Å². The van der Waals surface area contributed by atoms with E-state index in [1.807, 2.05) is 13.8 Å². The lowest BCUT2D eigenvalue weighted by atomic mass is 9.87. The van der Waals surface area contributed by atoms with E-state index in [4.69, 9.17) is 7.85 Å². The van der Waals surface area contributed by atoms with E-state index < -0.39 is 0 Å². The molecule has 1 aromatic carbocycles. The lowest BCUT2D eigenvalue weighted by Gasteiger charge is -2.04. The van der Waals surface area contributed by atoms with Crippen molar-refractivity contribution < 1.29 is 0 Å². The molecule has 50 valence electrons. The molecular formula is C8H8BI. The second kappa shape index (κ2) is 2.95. The van der Waals surface area contributed by atoms with Gasteiger partial charge in [0.15, 0.2) is 0 Å². The Bertz CT molecular complexity index is 232. The topological polar surface area (TPSA) is 0 Å². The number of hydrogen-bond acceptors (Lipinski definition) is 0. The van der Waals surface area contributed by atoms with Crippen LogP contribution in [0.4, 0.5) is 0 Å². The van der Waals surface area contributed by atoms with Crippen molar-refractivity contribution in [2.45, 2.75) is 13.8 Å². The summed E-state index contributed by atoms with van der Waals surface area (Å²) in [5.74, 6) is 0. The van der Waals surface area contributed by atoms with Gasteiger partial charge in [-0.1, -0.05) is 16.6 Å². The molecule has 0 heterocycles. The Kier molecular flexibility index (Phi) is 2.39. The molecule has 0 aromatic heterocycles. The molecule has 2 radical (unpaired) electrons. The molecule has 2 heteroatoms. The molecule has 0 aliphatic carbocycles. The minimum Gasteiger partial charge on any atom is -0.0909 e. The summed E-state index contributed by atoms with van der Waals surface area (Å²) >= 11 is 2.29. The van der Waals surface area contributed by atoms with Crippen LogP contribution in [-0.2, 0) is 0 Å². The summed E-state index contributed by atoms with van der Waals surface area (Å²) in [6.45, 7) is 4.06. The van der Waals surface area contributed by atoms with E-state index in [9.17, 15) is 0 Å².